The summed E-state index contributed by atoms with van der Waals surface area (Å²) in [5.74, 6) is -0.299. The third kappa shape index (κ3) is 3.61. The Balaban J connectivity index is 2.26. The molecule has 0 aliphatic heterocycles. The number of rotatable bonds is 3. The Labute approximate surface area is 130 Å². The number of carbonyl (C=O) groups excluding carboxylic acids is 1. The molecule has 2 aromatic carbocycles. The normalized spacial score (nSPS) is 11.2. The molecule has 0 atom stereocenters. The first-order chi connectivity index (χ1) is 10.0. The van der Waals surface area contributed by atoms with Crippen LogP contribution in [0, 0.1) is 6.92 Å². The summed E-state index contributed by atoms with van der Waals surface area (Å²) in [5.41, 5.74) is 8.12. The van der Waals surface area contributed by atoms with Crippen molar-refractivity contribution in [1.29, 1.82) is 0 Å². The van der Waals surface area contributed by atoms with Crippen LogP contribution in [0.1, 0.15) is 21.5 Å². The molecule has 1 amide bonds. The van der Waals surface area contributed by atoms with Gasteiger partial charge in [-0.1, -0.05) is 39.3 Å². The number of hydrogen-bond acceptors (Lipinski definition) is 3. The fourth-order valence-corrected chi connectivity index (χ4v) is 2.16. The monoisotopic (exact) mass is 347 g/mol. The summed E-state index contributed by atoms with van der Waals surface area (Å²) < 4.78 is 0.883. The number of oxime groups is 1. The number of amidine groups is 1. The summed E-state index contributed by atoms with van der Waals surface area (Å²) in [6.45, 7) is 1.91. The van der Waals surface area contributed by atoms with Crippen molar-refractivity contribution in [3.63, 3.8) is 0 Å². The summed E-state index contributed by atoms with van der Waals surface area (Å²) in [6.07, 6.45) is 0. The van der Waals surface area contributed by atoms with Crippen LogP contribution >= 0.6 is 15.9 Å². The molecule has 5 nitrogen and oxygen atoms in total. The van der Waals surface area contributed by atoms with Crippen LogP contribution in [0.2, 0.25) is 0 Å². The minimum Gasteiger partial charge on any atom is -0.409 e. The molecule has 108 valence electrons. The van der Waals surface area contributed by atoms with E-state index in [0.29, 0.717) is 11.1 Å². The molecule has 0 heterocycles. The van der Waals surface area contributed by atoms with Gasteiger partial charge in [0.2, 0.25) is 0 Å². The maximum atomic E-state index is 12.3. The average Bonchev–Trinajstić information content (AvgIpc) is 2.50. The number of hydrogen-bond donors (Lipinski definition) is 3. The summed E-state index contributed by atoms with van der Waals surface area (Å²) >= 11 is 3.37. The standard InChI is InChI=1S/C15H14BrN3O2/c1-9-5-6-12(16)8-13(9)18-15(20)11-4-2-3-10(7-11)14(17)19-21/h2-8,21H,1H3,(H2,17,19)(H,18,20). The third-order valence-electron chi connectivity index (χ3n) is 2.98. The van der Waals surface area contributed by atoms with Gasteiger partial charge >= 0.3 is 0 Å². The first-order valence-corrected chi connectivity index (χ1v) is 6.96. The lowest BCUT2D eigenvalue weighted by molar-refractivity contribution is 0.102. The number of carbonyl (C=O) groups is 1. The van der Waals surface area contributed by atoms with Crippen molar-refractivity contribution in [3.05, 3.63) is 63.6 Å². The Morgan fingerprint density at radius 3 is 2.67 bits per heavy atom. The van der Waals surface area contributed by atoms with Crippen LogP contribution in [0.4, 0.5) is 5.69 Å². The van der Waals surface area contributed by atoms with Gasteiger partial charge in [0.15, 0.2) is 5.84 Å². The van der Waals surface area contributed by atoms with Crippen molar-refractivity contribution in [3.8, 4) is 0 Å². The van der Waals surface area contributed by atoms with E-state index in [0.717, 1.165) is 15.7 Å². The highest BCUT2D eigenvalue weighted by Gasteiger charge is 2.10. The van der Waals surface area contributed by atoms with Crippen molar-refractivity contribution in [2.24, 2.45) is 10.9 Å². The number of nitrogens with zero attached hydrogens (tertiary/aromatic N) is 1. The molecule has 0 radical (unpaired) electrons. The lowest BCUT2D eigenvalue weighted by atomic mass is 10.1. The molecule has 2 rings (SSSR count). The van der Waals surface area contributed by atoms with Gasteiger partial charge in [0, 0.05) is 21.3 Å². The highest BCUT2D eigenvalue weighted by atomic mass is 79.9. The second-order valence-corrected chi connectivity index (χ2v) is 5.40. The van der Waals surface area contributed by atoms with Crippen LogP contribution in [0.3, 0.4) is 0 Å². The second kappa shape index (κ2) is 6.41. The molecule has 6 heteroatoms. The van der Waals surface area contributed by atoms with Crippen LogP contribution in [0.15, 0.2) is 52.1 Å². The molecule has 4 N–H and O–H groups in total. The maximum Gasteiger partial charge on any atom is 0.255 e. The Kier molecular flexibility index (Phi) is 4.59. The van der Waals surface area contributed by atoms with Gasteiger partial charge in [-0.15, -0.1) is 0 Å². The zero-order valence-electron chi connectivity index (χ0n) is 11.3. The SMILES string of the molecule is Cc1ccc(Br)cc1NC(=O)c1cccc(/C(N)=N/O)c1. The number of halogens is 1. The van der Waals surface area contributed by atoms with Crippen molar-refractivity contribution < 1.29 is 10.0 Å². The van der Waals surface area contributed by atoms with E-state index in [1.165, 1.54) is 0 Å². The highest BCUT2D eigenvalue weighted by Crippen LogP contribution is 2.21. The zero-order valence-corrected chi connectivity index (χ0v) is 12.9. The lowest BCUT2D eigenvalue weighted by Crippen LogP contribution is -2.16. The highest BCUT2D eigenvalue weighted by molar-refractivity contribution is 9.10. The molecule has 2 aromatic rings. The largest absolute Gasteiger partial charge is 0.409 e. The van der Waals surface area contributed by atoms with Crippen molar-refractivity contribution in [2.45, 2.75) is 6.92 Å². The van der Waals surface area contributed by atoms with Gasteiger partial charge in [0.1, 0.15) is 0 Å². The first kappa shape index (κ1) is 15.1. The van der Waals surface area contributed by atoms with Crippen molar-refractivity contribution in [2.75, 3.05) is 5.32 Å². The number of aryl methyl sites for hydroxylation is 1. The van der Waals surface area contributed by atoms with Gasteiger partial charge in [0.05, 0.1) is 0 Å². The Morgan fingerprint density at radius 1 is 1.24 bits per heavy atom. The predicted octanol–water partition coefficient (Wildman–Crippen LogP) is 3.10. The average molecular weight is 348 g/mol. The molecule has 0 spiro atoms. The molecule has 0 aliphatic rings. The quantitative estimate of drug-likeness (QED) is 0.345. The van der Waals surface area contributed by atoms with E-state index >= 15 is 0 Å². The van der Waals surface area contributed by atoms with Crippen LogP contribution in [-0.4, -0.2) is 17.0 Å². The first-order valence-electron chi connectivity index (χ1n) is 6.16. The molecule has 0 unspecified atom stereocenters. The van der Waals surface area contributed by atoms with Crippen LogP contribution in [-0.2, 0) is 0 Å². The van der Waals surface area contributed by atoms with E-state index in [-0.39, 0.29) is 11.7 Å². The predicted molar refractivity (Wildman–Crippen MR) is 85.8 cm³/mol. The summed E-state index contributed by atoms with van der Waals surface area (Å²) in [6, 6.07) is 12.2. The van der Waals surface area contributed by atoms with Gasteiger partial charge < -0.3 is 16.3 Å². The summed E-state index contributed by atoms with van der Waals surface area (Å²) in [4.78, 5) is 12.3. The third-order valence-corrected chi connectivity index (χ3v) is 3.47. The minimum atomic E-state index is -0.260. The lowest BCUT2D eigenvalue weighted by Gasteiger charge is -2.09. The fraction of sp³-hybridized carbons (Fsp3) is 0.0667. The molecule has 0 bridgehead atoms. The van der Waals surface area contributed by atoms with Crippen LogP contribution < -0.4 is 11.1 Å². The van der Waals surface area contributed by atoms with E-state index in [2.05, 4.69) is 26.4 Å². The molecule has 0 aliphatic carbocycles. The van der Waals surface area contributed by atoms with Gasteiger partial charge in [-0.05, 0) is 36.8 Å². The van der Waals surface area contributed by atoms with E-state index in [1.54, 1.807) is 24.3 Å². The fourth-order valence-electron chi connectivity index (χ4n) is 1.80. The molecular weight excluding hydrogens is 334 g/mol. The van der Waals surface area contributed by atoms with E-state index in [1.807, 2.05) is 25.1 Å². The summed E-state index contributed by atoms with van der Waals surface area (Å²) in [5, 5.41) is 14.4. The Bertz CT molecular complexity index is 714. The minimum absolute atomic E-state index is 0.0386. The molecule has 0 saturated carbocycles. The number of amides is 1. The van der Waals surface area contributed by atoms with Crippen molar-refractivity contribution >= 4 is 33.4 Å². The Morgan fingerprint density at radius 2 is 1.95 bits per heavy atom. The zero-order chi connectivity index (χ0) is 15.4. The second-order valence-electron chi connectivity index (χ2n) is 4.48. The van der Waals surface area contributed by atoms with E-state index in [4.69, 9.17) is 10.9 Å². The van der Waals surface area contributed by atoms with Crippen LogP contribution in [0.25, 0.3) is 0 Å². The number of anilines is 1. The van der Waals surface area contributed by atoms with Gasteiger partial charge in [0.25, 0.3) is 5.91 Å². The van der Waals surface area contributed by atoms with Crippen molar-refractivity contribution in [1.82, 2.24) is 0 Å². The Hall–Kier alpha value is -2.34. The molecule has 0 aromatic heterocycles. The van der Waals surface area contributed by atoms with Gasteiger partial charge in [-0.25, -0.2) is 0 Å². The molecule has 21 heavy (non-hydrogen) atoms. The molecular formula is C15H14BrN3O2. The smallest absolute Gasteiger partial charge is 0.255 e. The van der Waals surface area contributed by atoms with Crippen LogP contribution in [0.5, 0.6) is 0 Å². The summed E-state index contributed by atoms with van der Waals surface area (Å²) in [7, 11) is 0. The molecule has 0 fully saturated rings. The van der Waals surface area contributed by atoms with E-state index in [9.17, 15) is 4.79 Å². The maximum absolute atomic E-state index is 12.3. The number of nitrogens with two attached hydrogens (primary N) is 1. The molecule has 0 saturated heterocycles. The van der Waals surface area contributed by atoms with Gasteiger partial charge in [-0.3, -0.25) is 4.79 Å². The van der Waals surface area contributed by atoms with E-state index < -0.39 is 0 Å². The topological polar surface area (TPSA) is 87.7 Å². The number of benzene rings is 2. The number of nitrogens with one attached hydrogen (secondary N) is 1. The van der Waals surface area contributed by atoms with Gasteiger partial charge in [-0.2, -0.15) is 0 Å².